The second kappa shape index (κ2) is 7.88. The third kappa shape index (κ3) is 4.63. The number of aliphatic carboxylic acids is 1. The Kier molecular flexibility index (Phi) is 5.39. The van der Waals surface area contributed by atoms with Gasteiger partial charge in [0.1, 0.15) is 12.7 Å². The number of nitrogens with one attached hydrogen (secondary N) is 1. The van der Waals surface area contributed by atoms with E-state index in [2.05, 4.69) is 20.1 Å². The summed E-state index contributed by atoms with van der Waals surface area (Å²) in [6.07, 6.45) is 6.58. The van der Waals surface area contributed by atoms with Gasteiger partial charge in [0.25, 0.3) is 0 Å². The van der Waals surface area contributed by atoms with Crippen molar-refractivity contribution in [2.24, 2.45) is 5.92 Å². The summed E-state index contributed by atoms with van der Waals surface area (Å²) in [6, 6.07) is 0. The van der Waals surface area contributed by atoms with Crippen LogP contribution >= 0.6 is 0 Å². The third-order valence-corrected chi connectivity index (χ3v) is 4.28. The van der Waals surface area contributed by atoms with Crippen LogP contribution in [0.2, 0.25) is 0 Å². The largest absolute Gasteiger partial charge is 0.481 e. The van der Waals surface area contributed by atoms with Crippen LogP contribution in [0.4, 0.5) is 0 Å². The van der Waals surface area contributed by atoms with Crippen LogP contribution in [0.25, 0.3) is 0 Å². The number of aromatic amines is 1. The fourth-order valence-electron chi connectivity index (χ4n) is 2.94. The van der Waals surface area contributed by atoms with E-state index in [9.17, 15) is 14.7 Å². The SMILES string of the molecule is O=C(O)[C@H]1CN(Cc2cnc[nH]2)CCN(C(=O)CCn2cncn2)C1. The van der Waals surface area contributed by atoms with Crippen molar-refractivity contribution in [2.45, 2.75) is 19.5 Å². The van der Waals surface area contributed by atoms with Crippen LogP contribution in [0.15, 0.2) is 25.2 Å². The van der Waals surface area contributed by atoms with E-state index in [4.69, 9.17) is 0 Å². The highest BCUT2D eigenvalue weighted by Gasteiger charge is 2.30. The number of carbonyl (C=O) groups is 2. The van der Waals surface area contributed by atoms with Crippen molar-refractivity contribution >= 4 is 11.9 Å². The number of imidazole rings is 1. The van der Waals surface area contributed by atoms with Gasteiger partial charge in [0.2, 0.25) is 5.91 Å². The van der Waals surface area contributed by atoms with Crippen molar-refractivity contribution in [2.75, 3.05) is 26.2 Å². The van der Waals surface area contributed by atoms with E-state index in [0.717, 1.165) is 5.69 Å². The second-order valence-corrected chi connectivity index (χ2v) is 6.10. The second-order valence-electron chi connectivity index (χ2n) is 6.10. The smallest absolute Gasteiger partial charge is 0.309 e. The van der Waals surface area contributed by atoms with Gasteiger partial charge in [-0.3, -0.25) is 19.2 Å². The number of carbonyl (C=O) groups excluding carboxylic acids is 1. The van der Waals surface area contributed by atoms with Crippen LogP contribution in [0.5, 0.6) is 0 Å². The van der Waals surface area contributed by atoms with Gasteiger partial charge < -0.3 is 15.0 Å². The van der Waals surface area contributed by atoms with Crippen molar-refractivity contribution in [1.29, 1.82) is 0 Å². The molecule has 0 saturated carbocycles. The van der Waals surface area contributed by atoms with E-state index in [1.165, 1.54) is 6.33 Å². The summed E-state index contributed by atoms with van der Waals surface area (Å²) in [7, 11) is 0. The van der Waals surface area contributed by atoms with Gasteiger partial charge >= 0.3 is 5.97 Å². The van der Waals surface area contributed by atoms with Crippen molar-refractivity contribution in [1.82, 2.24) is 34.5 Å². The van der Waals surface area contributed by atoms with Crippen LogP contribution in [0.1, 0.15) is 12.1 Å². The number of hydrogen-bond acceptors (Lipinski definition) is 6. The zero-order valence-electron chi connectivity index (χ0n) is 13.8. The molecule has 0 bridgehead atoms. The van der Waals surface area contributed by atoms with Gasteiger partial charge in [-0.15, -0.1) is 0 Å². The average Bonchev–Trinajstić information content (AvgIpc) is 3.24. The molecule has 2 aromatic rings. The molecule has 10 nitrogen and oxygen atoms in total. The summed E-state index contributed by atoms with van der Waals surface area (Å²) < 4.78 is 1.59. The number of amides is 1. The van der Waals surface area contributed by atoms with E-state index in [1.807, 2.05) is 4.90 Å². The number of carboxylic acid groups (broad SMARTS) is 1. The maximum absolute atomic E-state index is 12.5. The van der Waals surface area contributed by atoms with E-state index in [0.29, 0.717) is 32.7 Å². The lowest BCUT2D eigenvalue weighted by Crippen LogP contribution is -2.38. The van der Waals surface area contributed by atoms with Gasteiger partial charge in [0.05, 0.1) is 18.8 Å². The molecule has 2 aromatic heterocycles. The summed E-state index contributed by atoms with van der Waals surface area (Å²) in [5, 5.41) is 13.5. The van der Waals surface area contributed by atoms with E-state index in [1.54, 1.807) is 28.4 Å². The molecular formula is C15H21N7O3. The normalized spacial score (nSPS) is 18.9. The molecule has 0 unspecified atom stereocenters. The Morgan fingerprint density at radius 3 is 2.84 bits per heavy atom. The number of rotatable bonds is 6. The van der Waals surface area contributed by atoms with Crippen molar-refractivity contribution in [3.05, 3.63) is 30.9 Å². The summed E-state index contributed by atoms with van der Waals surface area (Å²) in [5.74, 6) is -1.56. The number of aromatic nitrogens is 5. The molecule has 0 aromatic carbocycles. The van der Waals surface area contributed by atoms with E-state index >= 15 is 0 Å². The lowest BCUT2D eigenvalue weighted by Gasteiger charge is -2.22. The first-order valence-electron chi connectivity index (χ1n) is 8.14. The van der Waals surface area contributed by atoms with Gasteiger partial charge in [0.15, 0.2) is 0 Å². The van der Waals surface area contributed by atoms with Crippen LogP contribution in [-0.4, -0.2) is 77.7 Å². The van der Waals surface area contributed by atoms with Gasteiger partial charge in [-0.05, 0) is 0 Å². The Balaban J connectivity index is 1.60. The molecule has 1 aliphatic rings. The third-order valence-electron chi connectivity index (χ3n) is 4.28. The van der Waals surface area contributed by atoms with Crippen LogP contribution in [0.3, 0.4) is 0 Å². The molecule has 1 atom stereocenters. The molecule has 25 heavy (non-hydrogen) atoms. The highest BCUT2D eigenvalue weighted by atomic mass is 16.4. The summed E-state index contributed by atoms with van der Waals surface area (Å²) in [4.78, 5) is 38.6. The number of nitrogens with zero attached hydrogens (tertiary/aromatic N) is 6. The molecule has 1 fully saturated rings. The standard InChI is InChI=1S/C15H21N7O3/c23-14(1-2-22-11-17-10-19-22)21-4-3-20(6-12(7-21)15(24)25)8-13-5-16-9-18-13/h5,9-12H,1-4,6-8H2,(H,16,18)(H,24,25)/t12-/m0/s1. The molecule has 3 rings (SSSR count). The predicted octanol–water partition coefficient (Wildman–Crippen LogP) is -0.563. The van der Waals surface area contributed by atoms with E-state index < -0.39 is 11.9 Å². The predicted molar refractivity (Wildman–Crippen MR) is 86.2 cm³/mol. The maximum atomic E-state index is 12.5. The zero-order valence-corrected chi connectivity index (χ0v) is 13.8. The lowest BCUT2D eigenvalue weighted by atomic mass is 10.1. The van der Waals surface area contributed by atoms with Crippen LogP contribution in [-0.2, 0) is 22.7 Å². The van der Waals surface area contributed by atoms with Crippen molar-refractivity contribution in [3.63, 3.8) is 0 Å². The number of H-pyrrole nitrogens is 1. The van der Waals surface area contributed by atoms with Gasteiger partial charge in [-0.25, -0.2) is 9.97 Å². The van der Waals surface area contributed by atoms with Crippen LogP contribution in [0, 0.1) is 5.92 Å². The minimum Gasteiger partial charge on any atom is -0.481 e. The Morgan fingerprint density at radius 1 is 1.28 bits per heavy atom. The van der Waals surface area contributed by atoms with Crippen LogP contribution < -0.4 is 0 Å². The van der Waals surface area contributed by atoms with Gasteiger partial charge in [-0.1, -0.05) is 0 Å². The fourth-order valence-corrected chi connectivity index (χ4v) is 2.94. The minimum atomic E-state index is -0.884. The molecule has 2 N–H and O–H groups in total. The summed E-state index contributed by atoms with van der Waals surface area (Å²) in [5.41, 5.74) is 0.926. The van der Waals surface area contributed by atoms with Crippen molar-refractivity contribution in [3.8, 4) is 0 Å². The zero-order chi connectivity index (χ0) is 17.6. The highest BCUT2D eigenvalue weighted by molar-refractivity contribution is 5.77. The van der Waals surface area contributed by atoms with Gasteiger partial charge in [0, 0.05) is 51.0 Å². The number of hydrogen-bond donors (Lipinski definition) is 2. The van der Waals surface area contributed by atoms with Gasteiger partial charge in [-0.2, -0.15) is 5.10 Å². The summed E-state index contributed by atoms with van der Waals surface area (Å²) in [6.45, 7) is 2.79. The van der Waals surface area contributed by atoms with E-state index in [-0.39, 0.29) is 18.9 Å². The molecule has 1 saturated heterocycles. The number of aryl methyl sites for hydroxylation is 1. The average molecular weight is 347 g/mol. The summed E-state index contributed by atoms with van der Waals surface area (Å²) >= 11 is 0. The maximum Gasteiger partial charge on any atom is 0.309 e. The molecule has 134 valence electrons. The number of carboxylic acids is 1. The fraction of sp³-hybridized carbons (Fsp3) is 0.533. The first-order valence-corrected chi connectivity index (χ1v) is 8.14. The molecule has 3 heterocycles. The Labute approximate surface area is 144 Å². The molecule has 10 heteroatoms. The Morgan fingerprint density at radius 2 is 2.16 bits per heavy atom. The molecule has 0 spiro atoms. The topological polar surface area (TPSA) is 120 Å². The first kappa shape index (κ1) is 17.1. The lowest BCUT2D eigenvalue weighted by molar-refractivity contribution is -0.143. The minimum absolute atomic E-state index is 0.0647. The monoisotopic (exact) mass is 347 g/mol. The Bertz CT molecular complexity index is 686. The molecular weight excluding hydrogens is 326 g/mol. The first-order chi connectivity index (χ1) is 12.1. The van der Waals surface area contributed by atoms with Crippen molar-refractivity contribution < 1.29 is 14.7 Å². The quantitative estimate of drug-likeness (QED) is 0.718. The molecule has 1 aliphatic heterocycles. The molecule has 0 radical (unpaired) electrons. The highest BCUT2D eigenvalue weighted by Crippen LogP contribution is 2.14. The Hall–Kier alpha value is -2.75. The molecule has 0 aliphatic carbocycles. The molecule has 1 amide bonds.